The summed E-state index contributed by atoms with van der Waals surface area (Å²) in [6.45, 7) is 2.36. The maximum absolute atomic E-state index is 8.56. The second-order valence-corrected chi connectivity index (χ2v) is 4.73. The first-order valence-corrected chi connectivity index (χ1v) is 6.91. The molecule has 21 heavy (non-hydrogen) atoms. The fourth-order valence-corrected chi connectivity index (χ4v) is 1.98. The van der Waals surface area contributed by atoms with Crippen molar-refractivity contribution in [2.45, 2.75) is 6.54 Å². The molecular formula is C15H19Cl2NO3. The maximum Gasteiger partial charge on any atom is 0.134 e. The quantitative estimate of drug-likeness (QED) is 0.730. The third-order valence-corrected chi connectivity index (χ3v) is 2.96. The zero-order chi connectivity index (χ0) is 14.2. The van der Waals surface area contributed by atoms with Crippen molar-refractivity contribution in [3.63, 3.8) is 0 Å². The van der Waals surface area contributed by atoms with E-state index < -0.39 is 0 Å². The average molecular weight is 332 g/mol. The van der Waals surface area contributed by atoms with E-state index >= 15 is 0 Å². The average Bonchev–Trinajstić information content (AvgIpc) is 2.91. The van der Waals surface area contributed by atoms with Crippen LogP contribution in [0.4, 0.5) is 0 Å². The van der Waals surface area contributed by atoms with Crippen LogP contribution in [-0.4, -0.2) is 31.5 Å². The number of nitrogens with one attached hydrogen (secondary N) is 1. The van der Waals surface area contributed by atoms with Gasteiger partial charge in [-0.3, -0.25) is 0 Å². The summed E-state index contributed by atoms with van der Waals surface area (Å²) in [6.07, 6.45) is 0. The Morgan fingerprint density at radius 3 is 2.81 bits per heavy atom. The van der Waals surface area contributed by atoms with Crippen molar-refractivity contribution < 1.29 is 14.3 Å². The van der Waals surface area contributed by atoms with Crippen LogP contribution < -0.4 is 5.32 Å². The molecule has 116 valence electrons. The Morgan fingerprint density at radius 1 is 1.19 bits per heavy atom. The van der Waals surface area contributed by atoms with E-state index in [1.165, 1.54) is 0 Å². The van der Waals surface area contributed by atoms with Crippen molar-refractivity contribution in [2.75, 3.05) is 26.4 Å². The molecule has 0 unspecified atom stereocenters. The summed E-state index contributed by atoms with van der Waals surface area (Å²) in [6, 6.07) is 11.5. The highest BCUT2D eigenvalue weighted by molar-refractivity contribution is 6.30. The predicted molar refractivity (Wildman–Crippen MR) is 86.0 cm³/mol. The molecule has 0 fully saturated rings. The number of aliphatic hydroxyl groups excluding tert-OH is 1. The van der Waals surface area contributed by atoms with Crippen molar-refractivity contribution in [2.24, 2.45) is 0 Å². The summed E-state index contributed by atoms with van der Waals surface area (Å²) in [4.78, 5) is 0. The van der Waals surface area contributed by atoms with Crippen molar-refractivity contribution >= 4 is 24.0 Å². The fourth-order valence-electron chi connectivity index (χ4n) is 1.79. The smallest absolute Gasteiger partial charge is 0.134 e. The molecule has 0 saturated heterocycles. The molecule has 2 rings (SSSR count). The number of ether oxygens (including phenoxy) is 1. The molecule has 2 N–H and O–H groups in total. The largest absolute Gasteiger partial charge is 0.460 e. The number of benzene rings is 1. The molecule has 2 aromatic rings. The van der Waals surface area contributed by atoms with Gasteiger partial charge in [0, 0.05) is 17.1 Å². The normalized spacial score (nSPS) is 10.4. The minimum atomic E-state index is 0. The van der Waals surface area contributed by atoms with E-state index in [-0.39, 0.29) is 19.0 Å². The van der Waals surface area contributed by atoms with Crippen LogP contribution in [0.3, 0.4) is 0 Å². The Hall–Kier alpha value is -1.04. The van der Waals surface area contributed by atoms with Gasteiger partial charge in [0.25, 0.3) is 0 Å². The molecule has 0 atom stereocenters. The lowest BCUT2D eigenvalue weighted by Crippen LogP contribution is -2.19. The zero-order valence-corrected chi connectivity index (χ0v) is 13.1. The van der Waals surface area contributed by atoms with Gasteiger partial charge in [-0.1, -0.05) is 23.7 Å². The number of halogens is 2. The Kier molecular flexibility index (Phi) is 8.42. The lowest BCUT2D eigenvalue weighted by molar-refractivity contribution is 0.0936. The van der Waals surface area contributed by atoms with Gasteiger partial charge in [0.2, 0.25) is 0 Å². The molecular weight excluding hydrogens is 313 g/mol. The van der Waals surface area contributed by atoms with E-state index in [2.05, 4.69) is 5.32 Å². The molecule has 0 saturated carbocycles. The van der Waals surface area contributed by atoms with Crippen LogP contribution in [0.1, 0.15) is 5.76 Å². The van der Waals surface area contributed by atoms with Crippen LogP contribution in [0, 0.1) is 0 Å². The van der Waals surface area contributed by atoms with Gasteiger partial charge in [-0.25, -0.2) is 0 Å². The Balaban J connectivity index is 0.00000220. The van der Waals surface area contributed by atoms with E-state index in [1.807, 2.05) is 36.4 Å². The molecule has 1 aromatic heterocycles. The second kappa shape index (κ2) is 9.82. The van der Waals surface area contributed by atoms with Crippen LogP contribution in [0.2, 0.25) is 5.02 Å². The molecule has 0 spiro atoms. The van der Waals surface area contributed by atoms with Crippen molar-refractivity contribution in [1.82, 2.24) is 5.32 Å². The third-order valence-electron chi connectivity index (χ3n) is 2.73. The van der Waals surface area contributed by atoms with Crippen LogP contribution in [0.15, 0.2) is 40.8 Å². The summed E-state index contributed by atoms with van der Waals surface area (Å²) in [5, 5.41) is 12.5. The number of hydrogen-bond donors (Lipinski definition) is 2. The van der Waals surface area contributed by atoms with Crippen molar-refractivity contribution in [3.8, 4) is 11.3 Å². The van der Waals surface area contributed by atoms with Gasteiger partial charge in [0.1, 0.15) is 11.5 Å². The lowest BCUT2D eigenvalue weighted by Gasteiger charge is -2.03. The first kappa shape index (κ1) is 18.0. The summed E-state index contributed by atoms with van der Waals surface area (Å²) < 4.78 is 10.9. The van der Waals surface area contributed by atoms with Gasteiger partial charge in [-0.15, -0.1) is 12.4 Å². The van der Waals surface area contributed by atoms with E-state index in [0.29, 0.717) is 31.3 Å². The van der Waals surface area contributed by atoms with E-state index in [4.69, 9.17) is 25.9 Å². The molecule has 0 radical (unpaired) electrons. The molecule has 0 aliphatic heterocycles. The molecule has 1 heterocycles. The minimum Gasteiger partial charge on any atom is -0.460 e. The monoisotopic (exact) mass is 331 g/mol. The third kappa shape index (κ3) is 6.08. The standard InChI is InChI=1S/C15H18ClNO3.ClH/c16-13-3-1-2-12(10-13)15-5-4-14(20-15)11-17-6-8-19-9-7-18;/h1-5,10,17-18H,6-9,11H2;1H. The minimum absolute atomic E-state index is 0. The molecule has 4 nitrogen and oxygen atoms in total. The van der Waals surface area contributed by atoms with E-state index in [1.54, 1.807) is 0 Å². The van der Waals surface area contributed by atoms with E-state index in [9.17, 15) is 0 Å². The number of hydrogen-bond acceptors (Lipinski definition) is 4. The van der Waals surface area contributed by atoms with Gasteiger partial charge >= 0.3 is 0 Å². The summed E-state index contributed by atoms with van der Waals surface area (Å²) in [7, 11) is 0. The number of aliphatic hydroxyl groups is 1. The highest BCUT2D eigenvalue weighted by Gasteiger charge is 2.04. The van der Waals surface area contributed by atoms with Gasteiger partial charge in [0.15, 0.2) is 0 Å². The Morgan fingerprint density at radius 2 is 2.05 bits per heavy atom. The van der Waals surface area contributed by atoms with Crippen LogP contribution in [-0.2, 0) is 11.3 Å². The van der Waals surface area contributed by atoms with Gasteiger partial charge in [-0.2, -0.15) is 0 Å². The van der Waals surface area contributed by atoms with Crippen LogP contribution in [0.5, 0.6) is 0 Å². The van der Waals surface area contributed by atoms with E-state index in [0.717, 1.165) is 17.1 Å². The molecule has 0 aliphatic carbocycles. The molecule has 6 heteroatoms. The second-order valence-electron chi connectivity index (χ2n) is 4.29. The van der Waals surface area contributed by atoms with Gasteiger partial charge in [0.05, 0.1) is 26.4 Å². The Bertz CT molecular complexity index is 531. The van der Waals surface area contributed by atoms with Gasteiger partial charge < -0.3 is 19.6 Å². The summed E-state index contributed by atoms with van der Waals surface area (Å²) in [5.74, 6) is 1.67. The highest BCUT2D eigenvalue weighted by Crippen LogP contribution is 2.24. The Labute approximate surface area is 135 Å². The SMILES string of the molecule is Cl.OCCOCCNCc1ccc(-c2cccc(Cl)c2)o1. The number of furan rings is 1. The number of rotatable bonds is 8. The van der Waals surface area contributed by atoms with Crippen molar-refractivity contribution in [1.29, 1.82) is 0 Å². The molecule has 0 amide bonds. The first-order chi connectivity index (χ1) is 9.79. The summed E-state index contributed by atoms with van der Waals surface area (Å²) in [5.41, 5.74) is 0.968. The first-order valence-electron chi connectivity index (χ1n) is 6.53. The van der Waals surface area contributed by atoms with Crippen LogP contribution >= 0.6 is 24.0 Å². The zero-order valence-electron chi connectivity index (χ0n) is 11.5. The fraction of sp³-hybridized carbons (Fsp3) is 0.333. The molecule has 1 aromatic carbocycles. The van der Waals surface area contributed by atoms with Crippen molar-refractivity contribution in [3.05, 3.63) is 47.2 Å². The topological polar surface area (TPSA) is 54.6 Å². The highest BCUT2D eigenvalue weighted by atomic mass is 35.5. The molecule has 0 bridgehead atoms. The predicted octanol–water partition coefficient (Wildman–Crippen LogP) is 3.12. The lowest BCUT2D eigenvalue weighted by atomic mass is 10.2. The summed E-state index contributed by atoms with van der Waals surface area (Å²) >= 11 is 5.96. The maximum atomic E-state index is 8.56. The molecule has 0 aliphatic rings. The van der Waals surface area contributed by atoms with Crippen LogP contribution in [0.25, 0.3) is 11.3 Å². The van der Waals surface area contributed by atoms with Gasteiger partial charge in [-0.05, 0) is 24.3 Å².